The van der Waals surface area contributed by atoms with Crippen molar-refractivity contribution < 1.29 is 0 Å². The van der Waals surface area contributed by atoms with Crippen LogP contribution in [0, 0.1) is 5.41 Å². The van der Waals surface area contributed by atoms with Crippen molar-refractivity contribution in [2.24, 2.45) is 5.41 Å². The smallest absolute Gasteiger partial charge is 0.243 e. The van der Waals surface area contributed by atoms with Crippen molar-refractivity contribution in [2.45, 2.75) is 39.2 Å². The van der Waals surface area contributed by atoms with Crippen LogP contribution in [-0.4, -0.2) is 21.2 Å². The second-order valence-corrected chi connectivity index (χ2v) is 4.79. The Morgan fingerprint density at radius 1 is 1.57 bits per heavy atom. The van der Waals surface area contributed by atoms with Crippen molar-refractivity contribution in [1.29, 1.82) is 0 Å². The third kappa shape index (κ3) is 1.97. The highest BCUT2D eigenvalue weighted by molar-refractivity contribution is 5.31. The average molecular weight is 195 g/mol. The molecular formula is C9H17N5. The lowest BCUT2D eigenvalue weighted by Crippen LogP contribution is -2.18. The Balaban J connectivity index is 1.94. The zero-order chi connectivity index (χ0) is 10.2. The predicted octanol–water partition coefficient (Wildman–Crippen LogP) is 1.38. The summed E-state index contributed by atoms with van der Waals surface area (Å²) in [4.78, 5) is 4.02. The number of anilines is 2. The average Bonchev–Trinajstić information content (AvgIpc) is 2.59. The number of aromatic amines is 1. The van der Waals surface area contributed by atoms with E-state index in [0.29, 0.717) is 23.4 Å². The highest BCUT2D eigenvalue weighted by atomic mass is 15.3. The van der Waals surface area contributed by atoms with E-state index >= 15 is 0 Å². The zero-order valence-corrected chi connectivity index (χ0v) is 8.67. The minimum absolute atomic E-state index is 0.366. The molecule has 78 valence electrons. The van der Waals surface area contributed by atoms with Gasteiger partial charge in [-0.1, -0.05) is 13.8 Å². The van der Waals surface area contributed by atoms with E-state index in [4.69, 9.17) is 5.73 Å². The van der Waals surface area contributed by atoms with Crippen LogP contribution in [0.25, 0.3) is 0 Å². The number of rotatable bonds is 2. The topological polar surface area (TPSA) is 79.6 Å². The quantitative estimate of drug-likeness (QED) is 0.666. The number of hydrogen-bond donors (Lipinski definition) is 3. The molecule has 0 aliphatic heterocycles. The van der Waals surface area contributed by atoms with Crippen LogP contribution >= 0.6 is 0 Å². The summed E-state index contributed by atoms with van der Waals surface area (Å²) in [6, 6.07) is 0.486. The van der Waals surface area contributed by atoms with Crippen molar-refractivity contribution in [3.8, 4) is 0 Å². The largest absolute Gasteiger partial charge is 0.368 e. The van der Waals surface area contributed by atoms with Crippen LogP contribution in [0.5, 0.6) is 0 Å². The van der Waals surface area contributed by atoms with E-state index in [0.717, 1.165) is 0 Å². The first-order valence-corrected chi connectivity index (χ1v) is 5.00. The van der Waals surface area contributed by atoms with E-state index in [2.05, 4.69) is 34.3 Å². The maximum Gasteiger partial charge on any atom is 0.243 e. The predicted molar refractivity (Wildman–Crippen MR) is 55.8 cm³/mol. The Morgan fingerprint density at radius 3 is 2.86 bits per heavy atom. The van der Waals surface area contributed by atoms with E-state index in [-0.39, 0.29) is 0 Å². The van der Waals surface area contributed by atoms with Gasteiger partial charge in [0.1, 0.15) is 0 Å². The molecule has 1 aromatic rings. The number of nitrogens with zero attached hydrogens (tertiary/aromatic N) is 2. The van der Waals surface area contributed by atoms with E-state index in [9.17, 15) is 0 Å². The standard InChI is InChI=1S/C9H17N5/c1-9(2)4-3-6(5-9)11-8-12-7(10)13-14-8/h6H,3-5H2,1-2H3,(H4,10,11,12,13,14). The molecule has 0 saturated heterocycles. The Kier molecular flexibility index (Phi) is 2.09. The third-order valence-corrected chi connectivity index (χ3v) is 2.80. The first-order chi connectivity index (χ1) is 6.55. The van der Waals surface area contributed by atoms with Crippen LogP contribution in [-0.2, 0) is 0 Å². The molecule has 1 aliphatic rings. The van der Waals surface area contributed by atoms with Gasteiger partial charge in [-0.05, 0) is 24.7 Å². The minimum atomic E-state index is 0.366. The summed E-state index contributed by atoms with van der Waals surface area (Å²) in [6.07, 6.45) is 3.60. The molecule has 1 atom stereocenters. The highest BCUT2D eigenvalue weighted by Crippen LogP contribution is 2.37. The van der Waals surface area contributed by atoms with Crippen LogP contribution in [0.2, 0.25) is 0 Å². The fourth-order valence-electron chi connectivity index (χ4n) is 2.08. The summed E-state index contributed by atoms with van der Waals surface area (Å²) in [6.45, 7) is 4.59. The molecule has 1 saturated carbocycles. The van der Waals surface area contributed by atoms with E-state index in [1.54, 1.807) is 0 Å². The van der Waals surface area contributed by atoms with Gasteiger partial charge in [0.2, 0.25) is 11.9 Å². The maximum atomic E-state index is 5.44. The summed E-state index contributed by atoms with van der Waals surface area (Å²) in [7, 11) is 0. The molecule has 2 rings (SSSR count). The molecule has 0 spiro atoms. The van der Waals surface area contributed by atoms with Gasteiger partial charge in [-0.15, -0.1) is 5.10 Å². The zero-order valence-electron chi connectivity index (χ0n) is 8.67. The lowest BCUT2D eigenvalue weighted by molar-refractivity contribution is 0.378. The van der Waals surface area contributed by atoms with Gasteiger partial charge in [0.15, 0.2) is 0 Å². The third-order valence-electron chi connectivity index (χ3n) is 2.80. The molecule has 4 N–H and O–H groups in total. The van der Waals surface area contributed by atoms with Gasteiger partial charge < -0.3 is 11.1 Å². The van der Waals surface area contributed by atoms with Gasteiger partial charge in [0.05, 0.1) is 0 Å². The Labute approximate surface area is 83.5 Å². The molecular weight excluding hydrogens is 178 g/mol. The van der Waals surface area contributed by atoms with Gasteiger partial charge in [0.25, 0.3) is 0 Å². The van der Waals surface area contributed by atoms with Crippen LogP contribution in [0.1, 0.15) is 33.1 Å². The minimum Gasteiger partial charge on any atom is -0.368 e. The number of nitrogens with two attached hydrogens (primary N) is 1. The number of aromatic nitrogens is 3. The lowest BCUT2D eigenvalue weighted by atomic mass is 9.92. The Hall–Kier alpha value is -1.26. The molecule has 1 aliphatic carbocycles. The molecule has 14 heavy (non-hydrogen) atoms. The number of nitrogen functional groups attached to an aromatic ring is 1. The van der Waals surface area contributed by atoms with Gasteiger partial charge in [-0.2, -0.15) is 4.98 Å². The molecule has 0 amide bonds. The number of hydrogen-bond acceptors (Lipinski definition) is 4. The molecule has 1 heterocycles. The van der Waals surface area contributed by atoms with Gasteiger partial charge in [0, 0.05) is 6.04 Å². The van der Waals surface area contributed by atoms with Crippen molar-refractivity contribution in [1.82, 2.24) is 15.2 Å². The summed E-state index contributed by atoms with van der Waals surface area (Å²) in [5.74, 6) is 0.981. The summed E-state index contributed by atoms with van der Waals surface area (Å²) in [5, 5.41) is 9.86. The van der Waals surface area contributed by atoms with Crippen molar-refractivity contribution in [2.75, 3.05) is 11.1 Å². The number of H-pyrrole nitrogens is 1. The van der Waals surface area contributed by atoms with E-state index in [1.807, 2.05) is 0 Å². The molecule has 1 fully saturated rings. The molecule has 0 radical (unpaired) electrons. The van der Waals surface area contributed by atoms with Crippen molar-refractivity contribution in [3.05, 3.63) is 0 Å². The lowest BCUT2D eigenvalue weighted by Gasteiger charge is -2.17. The van der Waals surface area contributed by atoms with Gasteiger partial charge in [-0.25, -0.2) is 5.10 Å². The molecule has 1 aromatic heterocycles. The Morgan fingerprint density at radius 2 is 2.36 bits per heavy atom. The van der Waals surface area contributed by atoms with Crippen LogP contribution < -0.4 is 11.1 Å². The monoisotopic (exact) mass is 195 g/mol. The van der Waals surface area contributed by atoms with Gasteiger partial charge in [-0.3, -0.25) is 0 Å². The maximum absolute atomic E-state index is 5.44. The fraction of sp³-hybridized carbons (Fsp3) is 0.778. The molecule has 5 nitrogen and oxygen atoms in total. The second kappa shape index (κ2) is 3.15. The van der Waals surface area contributed by atoms with Crippen molar-refractivity contribution >= 4 is 11.9 Å². The highest BCUT2D eigenvalue weighted by Gasteiger charge is 2.31. The second-order valence-electron chi connectivity index (χ2n) is 4.79. The molecule has 0 aromatic carbocycles. The first kappa shape index (κ1) is 9.30. The van der Waals surface area contributed by atoms with Crippen molar-refractivity contribution in [3.63, 3.8) is 0 Å². The summed E-state index contributed by atoms with van der Waals surface area (Å²) >= 11 is 0. The molecule has 0 bridgehead atoms. The summed E-state index contributed by atoms with van der Waals surface area (Å²) < 4.78 is 0. The molecule has 1 unspecified atom stereocenters. The van der Waals surface area contributed by atoms with E-state index < -0.39 is 0 Å². The Bertz CT molecular complexity index is 317. The number of nitrogens with one attached hydrogen (secondary N) is 2. The van der Waals surface area contributed by atoms with E-state index in [1.165, 1.54) is 19.3 Å². The normalized spacial score (nSPS) is 25.1. The van der Waals surface area contributed by atoms with Gasteiger partial charge >= 0.3 is 0 Å². The van der Waals surface area contributed by atoms with Crippen LogP contribution in [0.15, 0.2) is 0 Å². The van der Waals surface area contributed by atoms with Crippen LogP contribution in [0.3, 0.4) is 0 Å². The van der Waals surface area contributed by atoms with Crippen LogP contribution in [0.4, 0.5) is 11.9 Å². The fourth-order valence-corrected chi connectivity index (χ4v) is 2.08. The molecule has 5 heteroatoms. The SMILES string of the molecule is CC1(C)CCC(Nc2n[nH]c(N)n2)C1. The summed E-state index contributed by atoms with van der Waals surface area (Å²) in [5.41, 5.74) is 5.88. The first-order valence-electron chi connectivity index (χ1n) is 5.00.